The molecule has 0 amide bonds. The zero-order valence-electron chi connectivity index (χ0n) is 10.7. The Kier molecular flexibility index (Phi) is 3.29. The molecule has 4 aromatic rings. The summed E-state index contributed by atoms with van der Waals surface area (Å²) in [6.45, 7) is 0. The summed E-state index contributed by atoms with van der Waals surface area (Å²) >= 11 is 4.52. The number of hydrogen-bond acceptors (Lipinski definition) is 3. The molecular formula is C15H8I2N4. The number of nitrogens with zero attached hydrogens (tertiary/aromatic N) is 4. The molecule has 0 N–H and O–H groups in total. The number of pyridine rings is 1. The molecule has 0 fully saturated rings. The van der Waals surface area contributed by atoms with Crippen molar-refractivity contribution in [1.82, 2.24) is 19.5 Å². The first-order valence-electron chi connectivity index (χ1n) is 6.27. The van der Waals surface area contributed by atoms with Gasteiger partial charge < -0.3 is 0 Å². The molecule has 6 heteroatoms. The molecule has 0 aliphatic heterocycles. The highest BCUT2D eigenvalue weighted by molar-refractivity contribution is 14.1. The second-order valence-corrected chi connectivity index (χ2v) is 6.90. The van der Waals surface area contributed by atoms with Crippen LogP contribution in [0.4, 0.5) is 0 Å². The van der Waals surface area contributed by atoms with E-state index >= 15 is 0 Å². The first-order chi connectivity index (χ1) is 10.2. The quantitative estimate of drug-likeness (QED) is 0.293. The van der Waals surface area contributed by atoms with E-state index in [1.807, 2.05) is 16.7 Å². The van der Waals surface area contributed by atoms with E-state index in [9.17, 15) is 0 Å². The van der Waals surface area contributed by atoms with E-state index in [-0.39, 0.29) is 0 Å². The molecule has 0 spiro atoms. The SMILES string of the molecule is Ic1ccc2c3cccnc3n(-c3nccc(I)n3)c2c1. The average Bonchev–Trinajstić information content (AvgIpc) is 2.80. The van der Waals surface area contributed by atoms with Crippen molar-refractivity contribution in [2.75, 3.05) is 0 Å². The summed E-state index contributed by atoms with van der Waals surface area (Å²) < 4.78 is 4.11. The second-order valence-electron chi connectivity index (χ2n) is 4.55. The summed E-state index contributed by atoms with van der Waals surface area (Å²) in [5.41, 5.74) is 1.97. The number of aromatic nitrogens is 4. The van der Waals surface area contributed by atoms with E-state index in [1.165, 1.54) is 8.96 Å². The molecule has 0 atom stereocenters. The van der Waals surface area contributed by atoms with Crippen LogP contribution in [0, 0.1) is 7.27 Å². The fourth-order valence-corrected chi connectivity index (χ4v) is 3.31. The third kappa shape index (κ3) is 2.20. The lowest BCUT2D eigenvalue weighted by molar-refractivity contribution is 0.962. The number of fused-ring (bicyclic) bond motifs is 3. The molecule has 1 aromatic carbocycles. The Morgan fingerprint density at radius 1 is 0.905 bits per heavy atom. The van der Waals surface area contributed by atoms with E-state index in [2.05, 4.69) is 84.4 Å². The Labute approximate surface area is 147 Å². The largest absolute Gasteiger partial charge is 0.262 e. The van der Waals surface area contributed by atoms with Crippen molar-refractivity contribution >= 4 is 67.1 Å². The van der Waals surface area contributed by atoms with E-state index in [0.29, 0.717) is 5.95 Å². The molecule has 0 saturated heterocycles. The Morgan fingerprint density at radius 3 is 2.67 bits per heavy atom. The van der Waals surface area contributed by atoms with Crippen LogP contribution < -0.4 is 0 Å². The number of halogens is 2. The predicted octanol–water partition coefficient (Wildman–Crippen LogP) is 4.18. The maximum absolute atomic E-state index is 4.54. The lowest BCUT2D eigenvalue weighted by Gasteiger charge is -2.04. The van der Waals surface area contributed by atoms with Crippen molar-refractivity contribution in [2.24, 2.45) is 0 Å². The fraction of sp³-hybridized carbons (Fsp3) is 0. The standard InChI is InChI=1S/C15H8I2N4/c16-9-3-4-10-11-2-1-6-18-14(11)21(12(10)8-9)15-19-7-5-13(17)20-15/h1-8H. The first-order valence-corrected chi connectivity index (χ1v) is 8.43. The molecule has 0 bridgehead atoms. The summed E-state index contributed by atoms with van der Waals surface area (Å²) in [4.78, 5) is 13.5. The van der Waals surface area contributed by atoms with Crippen LogP contribution in [0.3, 0.4) is 0 Å². The molecule has 4 nitrogen and oxygen atoms in total. The van der Waals surface area contributed by atoms with Gasteiger partial charge in [0, 0.05) is 26.7 Å². The summed E-state index contributed by atoms with van der Waals surface area (Å²) in [6, 6.07) is 12.3. The van der Waals surface area contributed by atoms with Crippen molar-refractivity contribution in [1.29, 1.82) is 0 Å². The van der Waals surface area contributed by atoms with Gasteiger partial charge in [-0.1, -0.05) is 6.07 Å². The zero-order chi connectivity index (χ0) is 14.4. The highest BCUT2D eigenvalue weighted by atomic mass is 127. The molecule has 102 valence electrons. The molecule has 0 aliphatic rings. The van der Waals surface area contributed by atoms with E-state index in [1.54, 1.807) is 12.4 Å². The van der Waals surface area contributed by atoms with Gasteiger partial charge in [0.1, 0.15) is 9.35 Å². The van der Waals surface area contributed by atoms with Crippen molar-refractivity contribution in [3.05, 3.63) is 56.1 Å². The highest BCUT2D eigenvalue weighted by Gasteiger charge is 2.14. The maximum Gasteiger partial charge on any atom is 0.236 e. The van der Waals surface area contributed by atoms with Gasteiger partial charge in [0.15, 0.2) is 0 Å². The fourth-order valence-electron chi connectivity index (χ4n) is 2.45. The molecule has 3 aromatic heterocycles. The van der Waals surface area contributed by atoms with Gasteiger partial charge in [-0.25, -0.2) is 15.0 Å². The third-order valence-corrected chi connectivity index (χ3v) is 4.57. The lowest BCUT2D eigenvalue weighted by atomic mass is 10.2. The van der Waals surface area contributed by atoms with Gasteiger partial charge in [0.25, 0.3) is 0 Å². The molecule has 0 radical (unpaired) electrons. The normalized spacial score (nSPS) is 11.3. The van der Waals surface area contributed by atoms with E-state index in [4.69, 9.17) is 0 Å². The van der Waals surface area contributed by atoms with Crippen LogP contribution in [-0.2, 0) is 0 Å². The van der Waals surface area contributed by atoms with Crippen LogP contribution in [0.5, 0.6) is 0 Å². The Balaban J connectivity index is 2.21. The van der Waals surface area contributed by atoms with Gasteiger partial charge >= 0.3 is 0 Å². The molecule has 4 rings (SSSR count). The zero-order valence-corrected chi connectivity index (χ0v) is 15.0. The Hall–Kier alpha value is -1.29. The van der Waals surface area contributed by atoms with Gasteiger partial charge in [-0.15, -0.1) is 0 Å². The Bertz CT molecular complexity index is 978. The first kappa shape index (κ1) is 13.4. The smallest absolute Gasteiger partial charge is 0.236 e. The minimum atomic E-state index is 0.655. The second kappa shape index (κ2) is 5.16. The van der Waals surface area contributed by atoms with Gasteiger partial charge in [0.2, 0.25) is 5.95 Å². The molecule has 0 aliphatic carbocycles. The molecule has 3 heterocycles. The molecule has 0 saturated carbocycles. The highest BCUT2D eigenvalue weighted by Crippen LogP contribution is 2.30. The van der Waals surface area contributed by atoms with Crippen LogP contribution in [0.1, 0.15) is 0 Å². The monoisotopic (exact) mass is 498 g/mol. The topological polar surface area (TPSA) is 43.6 Å². The number of rotatable bonds is 1. The summed E-state index contributed by atoms with van der Waals surface area (Å²) in [6.07, 6.45) is 3.58. The maximum atomic E-state index is 4.54. The van der Waals surface area contributed by atoms with Gasteiger partial charge in [-0.05, 0) is 75.5 Å². The number of hydrogen-bond donors (Lipinski definition) is 0. The molecular weight excluding hydrogens is 490 g/mol. The third-order valence-electron chi connectivity index (χ3n) is 3.30. The average molecular weight is 498 g/mol. The molecule has 0 unspecified atom stereocenters. The summed E-state index contributed by atoms with van der Waals surface area (Å²) in [5, 5.41) is 2.28. The van der Waals surface area contributed by atoms with Crippen molar-refractivity contribution in [2.45, 2.75) is 0 Å². The van der Waals surface area contributed by atoms with Crippen LogP contribution in [0.15, 0.2) is 48.8 Å². The van der Waals surface area contributed by atoms with Crippen molar-refractivity contribution in [3.63, 3.8) is 0 Å². The minimum Gasteiger partial charge on any atom is -0.262 e. The van der Waals surface area contributed by atoms with Gasteiger partial charge in [-0.3, -0.25) is 4.57 Å². The van der Waals surface area contributed by atoms with E-state index < -0.39 is 0 Å². The predicted molar refractivity (Wildman–Crippen MR) is 99.6 cm³/mol. The van der Waals surface area contributed by atoms with Crippen LogP contribution in [0.2, 0.25) is 0 Å². The van der Waals surface area contributed by atoms with Gasteiger partial charge in [-0.2, -0.15) is 0 Å². The summed E-state index contributed by atoms with van der Waals surface area (Å²) in [7, 11) is 0. The van der Waals surface area contributed by atoms with E-state index in [0.717, 1.165) is 20.3 Å². The Morgan fingerprint density at radius 2 is 1.81 bits per heavy atom. The minimum absolute atomic E-state index is 0.655. The van der Waals surface area contributed by atoms with Gasteiger partial charge in [0.05, 0.1) is 5.52 Å². The number of benzene rings is 1. The van der Waals surface area contributed by atoms with Crippen molar-refractivity contribution in [3.8, 4) is 5.95 Å². The van der Waals surface area contributed by atoms with Crippen molar-refractivity contribution < 1.29 is 0 Å². The van der Waals surface area contributed by atoms with Crippen LogP contribution in [-0.4, -0.2) is 19.5 Å². The lowest BCUT2D eigenvalue weighted by Crippen LogP contribution is -2.02. The van der Waals surface area contributed by atoms with Crippen LogP contribution >= 0.6 is 45.2 Å². The van der Waals surface area contributed by atoms with Crippen LogP contribution in [0.25, 0.3) is 27.9 Å². The summed E-state index contributed by atoms with van der Waals surface area (Å²) in [5.74, 6) is 0.655. The molecule has 21 heavy (non-hydrogen) atoms.